The molecule has 1 atom stereocenters. The summed E-state index contributed by atoms with van der Waals surface area (Å²) in [7, 11) is -4.21. The zero-order valence-electron chi connectivity index (χ0n) is 21.9. The molecule has 7 nitrogen and oxygen atoms in total. The Kier molecular flexibility index (Phi) is 10.0. The van der Waals surface area contributed by atoms with Gasteiger partial charge in [-0.2, -0.15) is 0 Å². The van der Waals surface area contributed by atoms with E-state index in [0.717, 1.165) is 30.0 Å². The molecule has 4 rings (SSSR count). The Bertz CT molecular complexity index is 1440. The zero-order chi connectivity index (χ0) is 28.9. The molecule has 1 saturated carbocycles. The van der Waals surface area contributed by atoms with E-state index in [4.69, 9.17) is 34.8 Å². The standard InChI is InChI=1S/C29H30Cl3N3O4S/c1-20(29(37)33-25-10-5-6-11-25)34(18-21-8-7-9-22(30)14-21)28(36)19-35(26-16-23(31)15-24(32)17-26)40(38,39)27-12-3-2-4-13-27/h2-4,7-9,12-17,20,25H,5-6,10-11,18-19H2,1H3,(H,33,37)/t20-/m0/s1. The molecular formula is C29H30Cl3N3O4S. The average Bonchev–Trinajstić information content (AvgIpc) is 3.42. The van der Waals surface area contributed by atoms with E-state index in [1.165, 1.54) is 35.2 Å². The lowest BCUT2D eigenvalue weighted by Crippen LogP contribution is -2.52. The smallest absolute Gasteiger partial charge is 0.264 e. The van der Waals surface area contributed by atoms with Gasteiger partial charge in [-0.1, -0.05) is 78.0 Å². The number of nitrogens with one attached hydrogen (secondary N) is 1. The average molecular weight is 623 g/mol. The summed E-state index contributed by atoms with van der Waals surface area (Å²) in [6.45, 7) is 1.10. The van der Waals surface area contributed by atoms with Crippen molar-refractivity contribution in [1.29, 1.82) is 0 Å². The number of amides is 2. The van der Waals surface area contributed by atoms with E-state index in [0.29, 0.717) is 10.6 Å². The Hall–Kier alpha value is -2.78. The Morgan fingerprint density at radius 2 is 1.55 bits per heavy atom. The van der Waals surface area contributed by atoms with E-state index in [1.54, 1.807) is 49.4 Å². The van der Waals surface area contributed by atoms with Crippen LogP contribution in [-0.2, 0) is 26.2 Å². The molecule has 1 aliphatic rings. The van der Waals surface area contributed by atoms with Gasteiger partial charge in [0, 0.05) is 27.7 Å². The lowest BCUT2D eigenvalue weighted by Gasteiger charge is -2.32. The molecule has 0 aliphatic heterocycles. The molecule has 1 N–H and O–H groups in total. The number of rotatable bonds is 10. The summed E-state index contributed by atoms with van der Waals surface area (Å²) in [6.07, 6.45) is 3.86. The molecule has 0 bridgehead atoms. The number of hydrogen-bond acceptors (Lipinski definition) is 4. The number of anilines is 1. The van der Waals surface area contributed by atoms with Gasteiger partial charge in [-0.25, -0.2) is 8.42 Å². The van der Waals surface area contributed by atoms with Gasteiger partial charge in [0.15, 0.2) is 0 Å². The molecule has 3 aromatic carbocycles. The van der Waals surface area contributed by atoms with E-state index in [1.807, 2.05) is 0 Å². The van der Waals surface area contributed by atoms with Crippen LogP contribution >= 0.6 is 34.8 Å². The maximum atomic E-state index is 14.0. The fraction of sp³-hybridized carbons (Fsp3) is 0.310. The van der Waals surface area contributed by atoms with Gasteiger partial charge in [0.05, 0.1) is 10.6 Å². The van der Waals surface area contributed by atoms with Crippen LogP contribution < -0.4 is 9.62 Å². The Labute approximate surface area is 250 Å². The lowest BCUT2D eigenvalue weighted by atomic mass is 10.1. The van der Waals surface area contributed by atoms with E-state index >= 15 is 0 Å². The van der Waals surface area contributed by atoms with Gasteiger partial charge in [-0.05, 0) is 67.8 Å². The highest BCUT2D eigenvalue weighted by molar-refractivity contribution is 7.92. The van der Waals surface area contributed by atoms with Gasteiger partial charge < -0.3 is 10.2 Å². The molecule has 11 heteroatoms. The van der Waals surface area contributed by atoms with Gasteiger partial charge in [-0.3, -0.25) is 13.9 Å². The number of halogens is 3. The molecule has 0 heterocycles. The fourth-order valence-electron chi connectivity index (χ4n) is 4.74. The van der Waals surface area contributed by atoms with Crippen LogP contribution in [0.25, 0.3) is 0 Å². The summed E-state index contributed by atoms with van der Waals surface area (Å²) in [6, 6.07) is 18.3. The van der Waals surface area contributed by atoms with Crippen molar-refractivity contribution < 1.29 is 18.0 Å². The molecule has 0 saturated heterocycles. The number of benzene rings is 3. The van der Waals surface area contributed by atoms with E-state index in [9.17, 15) is 18.0 Å². The molecule has 40 heavy (non-hydrogen) atoms. The monoisotopic (exact) mass is 621 g/mol. The van der Waals surface area contributed by atoms with Gasteiger partial charge in [-0.15, -0.1) is 0 Å². The van der Waals surface area contributed by atoms with Crippen molar-refractivity contribution in [3.8, 4) is 0 Å². The van der Waals surface area contributed by atoms with Crippen LogP contribution in [-0.4, -0.2) is 43.8 Å². The van der Waals surface area contributed by atoms with Crippen LogP contribution in [0.1, 0.15) is 38.2 Å². The molecule has 1 aliphatic carbocycles. The fourth-order valence-corrected chi connectivity index (χ4v) is 6.88. The summed E-state index contributed by atoms with van der Waals surface area (Å²) in [5, 5.41) is 3.95. The first-order chi connectivity index (χ1) is 19.0. The third-order valence-corrected chi connectivity index (χ3v) is 9.32. The Morgan fingerprint density at radius 1 is 0.900 bits per heavy atom. The topological polar surface area (TPSA) is 86.8 Å². The molecular weight excluding hydrogens is 593 g/mol. The second-order valence-electron chi connectivity index (χ2n) is 9.77. The largest absolute Gasteiger partial charge is 0.352 e. The van der Waals surface area contributed by atoms with Crippen molar-refractivity contribution in [1.82, 2.24) is 10.2 Å². The second-order valence-corrected chi connectivity index (χ2v) is 12.9. The van der Waals surface area contributed by atoms with Gasteiger partial charge in [0.25, 0.3) is 10.0 Å². The van der Waals surface area contributed by atoms with Crippen molar-refractivity contribution in [3.63, 3.8) is 0 Å². The highest BCUT2D eigenvalue weighted by atomic mass is 35.5. The first kappa shape index (κ1) is 30.2. The summed E-state index contributed by atoms with van der Waals surface area (Å²) in [5.74, 6) is -0.879. The van der Waals surface area contributed by atoms with E-state index in [2.05, 4.69) is 5.32 Å². The van der Waals surface area contributed by atoms with Crippen molar-refractivity contribution >= 4 is 62.3 Å². The Balaban J connectivity index is 1.70. The minimum Gasteiger partial charge on any atom is -0.352 e. The highest BCUT2D eigenvalue weighted by Crippen LogP contribution is 2.30. The number of carbonyl (C=O) groups excluding carboxylic acids is 2. The van der Waals surface area contributed by atoms with Crippen molar-refractivity contribution in [3.05, 3.63) is 93.4 Å². The van der Waals surface area contributed by atoms with Gasteiger partial charge in [0.2, 0.25) is 11.8 Å². The maximum absolute atomic E-state index is 14.0. The zero-order valence-corrected chi connectivity index (χ0v) is 25.0. The van der Waals surface area contributed by atoms with Crippen LogP contribution in [0.4, 0.5) is 5.69 Å². The van der Waals surface area contributed by atoms with Crippen LogP contribution in [0, 0.1) is 0 Å². The quantitative estimate of drug-likeness (QED) is 0.287. The van der Waals surface area contributed by atoms with Crippen LogP contribution in [0.5, 0.6) is 0 Å². The number of sulfonamides is 1. The molecule has 0 aromatic heterocycles. The second kappa shape index (κ2) is 13.3. The lowest BCUT2D eigenvalue weighted by molar-refractivity contribution is -0.139. The molecule has 2 amide bonds. The molecule has 212 valence electrons. The molecule has 0 radical (unpaired) electrons. The van der Waals surface area contributed by atoms with Crippen LogP contribution in [0.15, 0.2) is 77.7 Å². The predicted molar refractivity (Wildman–Crippen MR) is 159 cm³/mol. The van der Waals surface area contributed by atoms with Crippen LogP contribution in [0.2, 0.25) is 15.1 Å². The van der Waals surface area contributed by atoms with E-state index in [-0.39, 0.29) is 39.1 Å². The third-order valence-electron chi connectivity index (χ3n) is 6.86. The Morgan fingerprint density at radius 3 is 2.17 bits per heavy atom. The van der Waals surface area contributed by atoms with E-state index < -0.39 is 28.5 Å². The first-order valence-corrected chi connectivity index (χ1v) is 15.5. The highest BCUT2D eigenvalue weighted by Gasteiger charge is 2.33. The molecule has 0 spiro atoms. The van der Waals surface area contributed by atoms with Crippen molar-refractivity contribution in [2.45, 2.75) is 56.1 Å². The number of hydrogen-bond donors (Lipinski definition) is 1. The summed E-state index contributed by atoms with van der Waals surface area (Å²) in [5.41, 5.74) is 0.824. The van der Waals surface area contributed by atoms with Gasteiger partial charge in [0.1, 0.15) is 12.6 Å². The first-order valence-electron chi connectivity index (χ1n) is 12.9. The molecule has 0 unspecified atom stereocenters. The summed E-state index contributed by atoms with van der Waals surface area (Å²) < 4.78 is 28.6. The van der Waals surface area contributed by atoms with Crippen molar-refractivity contribution in [2.75, 3.05) is 10.8 Å². The number of nitrogens with zero attached hydrogens (tertiary/aromatic N) is 2. The normalized spacial score (nSPS) is 14.5. The summed E-state index contributed by atoms with van der Waals surface area (Å²) >= 11 is 18.6. The molecule has 3 aromatic rings. The minimum atomic E-state index is -4.21. The minimum absolute atomic E-state index is 0.00712. The molecule has 1 fully saturated rings. The maximum Gasteiger partial charge on any atom is 0.264 e. The number of carbonyl (C=O) groups is 2. The van der Waals surface area contributed by atoms with Crippen molar-refractivity contribution in [2.24, 2.45) is 0 Å². The van der Waals surface area contributed by atoms with Crippen LogP contribution in [0.3, 0.4) is 0 Å². The van der Waals surface area contributed by atoms with Gasteiger partial charge >= 0.3 is 0 Å². The third kappa shape index (κ3) is 7.49. The summed E-state index contributed by atoms with van der Waals surface area (Å²) in [4.78, 5) is 28.6. The predicted octanol–water partition coefficient (Wildman–Crippen LogP) is 6.32. The SMILES string of the molecule is C[C@@H](C(=O)NC1CCCC1)N(Cc1cccc(Cl)c1)C(=O)CN(c1cc(Cl)cc(Cl)c1)S(=O)(=O)c1ccccc1.